The molecule has 5 heteroatoms. The van der Waals surface area contributed by atoms with Crippen LogP contribution in [0.15, 0.2) is 28.7 Å². The minimum Gasteiger partial charge on any atom is -0.467 e. The van der Waals surface area contributed by atoms with E-state index in [0.717, 1.165) is 4.47 Å². The van der Waals surface area contributed by atoms with Crippen molar-refractivity contribution in [3.8, 4) is 0 Å². The van der Waals surface area contributed by atoms with E-state index in [9.17, 15) is 9.59 Å². The first-order valence-corrected chi connectivity index (χ1v) is 6.22. The SMILES string of the molecule is COC(=O)[C@@](C)(c1ccc(Br)cc1)N(C)C(C)=O. The molecule has 1 amide bonds. The van der Waals surface area contributed by atoms with Gasteiger partial charge in [0.1, 0.15) is 0 Å². The quantitative estimate of drug-likeness (QED) is 0.805. The van der Waals surface area contributed by atoms with Crippen LogP contribution in [-0.4, -0.2) is 30.9 Å². The smallest absolute Gasteiger partial charge is 0.336 e. The number of esters is 1. The molecule has 1 aromatic rings. The minimum atomic E-state index is -1.12. The van der Waals surface area contributed by atoms with Crippen molar-refractivity contribution in [1.29, 1.82) is 0 Å². The molecule has 4 nitrogen and oxygen atoms in total. The Kier molecular flexibility index (Phi) is 4.51. The highest BCUT2D eigenvalue weighted by Crippen LogP contribution is 2.29. The average Bonchev–Trinajstić information content (AvgIpc) is 2.36. The summed E-state index contributed by atoms with van der Waals surface area (Å²) in [6, 6.07) is 7.23. The number of nitrogens with zero attached hydrogens (tertiary/aromatic N) is 1. The lowest BCUT2D eigenvalue weighted by Crippen LogP contribution is -2.50. The Labute approximate surface area is 115 Å². The molecule has 1 aromatic carbocycles. The maximum atomic E-state index is 12.0. The van der Waals surface area contributed by atoms with E-state index in [-0.39, 0.29) is 5.91 Å². The molecule has 0 saturated carbocycles. The van der Waals surface area contributed by atoms with Crippen molar-refractivity contribution in [2.24, 2.45) is 0 Å². The van der Waals surface area contributed by atoms with Crippen LogP contribution in [0.25, 0.3) is 0 Å². The van der Waals surface area contributed by atoms with Gasteiger partial charge in [0.25, 0.3) is 0 Å². The summed E-state index contributed by atoms with van der Waals surface area (Å²) < 4.78 is 5.73. The van der Waals surface area contributed by atoms with Gasteiger partial charge in [-0.1, -0.05) is 28.1 Å². The Balaban J connectivity index is 3.32. The third kappa shape index (κ3) is 2.56. The second-order valence-corrected chi connectivity index (χ2v) is 5.06. The lowest BCUT2D eigenvalue weighted by atomic mass is 9.90. The third-order valence-corrected chi connectivity index (χ3v) is 3.66. The molecule has 98 valence electrons. The fourth-order valence-electron chi connectivity index (χ4n) is 1.74. The Morgan fingerprint density at radius 1 is 1.28 bits per heavy atom. The van der Waals surface area contributed by atoms with Crippen LogP contribution >= 0.6 is 15.9 Å². The van der Waals surface area contributed by atoms with Crippen molar-refractivity contribution in [2.45, 2.75) is 19.4 Å². The topological polar surface area (TPSA) is 46.6 Å². The Bertz CT molecular complexity index is 458. The van der Waals surface area contributed by atoms with Gasteiger partial charge in [-0.15, -0.1) is 0 Å². The minimum absolute atomic E-state index is 0.203. The van der Waals surface area contributed by atoms with Crippen molar-refractivity contribution in [2.75, 3.05) is 14.2 Å². The number of rotatable bonds is 3. The van der Waals surface area contributed by atoms with Crippen molar-refractivity contribution >= 4 is 27.8 Å². The Morgan fingerprint density at radius 3 is 2.17 bits per heavy atom. The molecule has 0 aromatic heterocycles. The van der Waals surface area contributed by atoms with Crippen molar-refractivity contribution in [3.05, 3.63) is 34.3 Å². The Hall–Kier alpha value is -1.36. The first kappa shape index (κ1) is 14.7. The highest BCUT2D eigenvalue weighted by molar-refractivity contribution is 9.10. The van der Waals surface area contributed by atoms with E-state index in [1.807, 2.05) is 12.1 Å². The molecule has 0 radical (unpaired) electrons. The number of halogens is 1. The van der Waals surface area contributed by atoms with Crippen molar-refractivity contribution in [1.82, 2.24) is 4.90 Å². The maximum absolute atomic E-state index is 12.0. The lowest BCUT2D eigenvalue weighted by Gasteiger charge is -2.36. The largest absolute Gasteiger partial charge is 0.467 e. The third-order valence-electron chi connectivity index (χ3n) is 3.13. The number of ether oxygens (including phenoxy) is 1. The van der Waals surface area contributed by atoms with Crippen LogP contribution in [0.2, 0.25) is 0 Å². The highest BCUT2D eigenvalue weighted by Gasteiger charge is 2.41. The number of carbonyl (C=O) groups is 2. The molecule has 0 aliphatic heterocycles. The number of hydrogen-bond donors (Lipinski definition) is 0. The van der Waals surface area contributed by atoms with Gasteiger partial charge in [0.15, 0.2) is 5.54 Å². The molecule has 0 aliphatic carbocycles. The summed E-state index contributed by atoms with van der Waals surface area (Å²) in [5.74, 6) is -0.673. The number of carbonyl (C=O) groups excluding carboxylic acids is 2. The van der Waals surface area contributed by atoms with E-state index in [1.165, 1.54) is 18.9 Å². The van der Waals surface area contributed by atoms with Crippen LogP contribution in [0.4, 0.5) is 0 Å². The fraction of sp³-hybridized carbons (Fsp3) is 0.385. The first-order chi connectivity index (χ1) is 8.33. The van der Waals surface area contributed by atoms with Gasteiger partial charge in [-0.2, -0.15) is 0 Å². The molecule has 0 heterocycles. The van der Waals surface area contributed by atoms with Crippen LogP contribution in [0.3, 0.4) is 0 Å². The molecule has 0 bridgehead atoms. The number of amides is 1. The molecule has 18 heavy (non-hydrogen) atoms. The maximum Gasteiger partial charge on any atom is 0.336 e. The monoisotopic (exact) mass is 313 g/mol. The zero-order valence-corrected chi connectivity index (χ0v) is 12.4. The Morgan fingerprint density at radius 2 is 1.78 bits per heavy atom. The summed E-state index contributed by atoms with van der Waals surface area (Å²) in [6.07, 6.45) is 0. The van der Waals surface area contributed by atoms with E-state index in [1.54, 1.807) is 26.1 Å². The lowest BCUT2D eigenvalue weighted by molar-refractivity contribution is -0.159. The van der Waals surface area contributed by atoms with Crippen LogP contribution in [0, 0.1) is 0 Å². The van der Waals surface area contributed by atoms with Crippen LogP contribution in [0.1, 0.15) is 19.4 Å². The van der Waals surface area contributed by atoms with Gasteiger partial charge in [0, 0.05) is 18.4 Å². The molecule has 0 fully saturated rings. The number of methoxy groups -OCH3 is 1. The number of benzene rings is 1. The van der Waals surface area contributed by atoms with E-state index < -0.39 is 11.5 Å². The molecule has 0 N–H and O–H groups in total. The van der Waals surface area contributed by atoms with Gasteiger partial charge in [-0.3, -0.25) is 4.79 Å². The van der Waals surface area contributed by atoms with Gasteiger partial charge in [0.05, 0.1) is 7.11 Å². The van der Waals surface area contributed by atoms with Gasteiger partial charge >= 0.3 is 5.97 Å². The van der Waals surface area contributed by atoms with Gasteiger partial charge in [0.2, 0.25) is 5.91 Å². The normalized spacial score (nSPS) is 13.6. The molecular formula is C13H16BrNO3. The van der Waals surface area contributed by atoms with Gasteiger partial charge in [-0.25, -0.2) is 4.79 Å². The number of likely N-dealkylation sites (N-methyl/N-ethyl adjacent to an activating group) is 1. The summed E-state index contributed by atoms with van der Waals surface area (Å²) in [4.78, 5) is 25.0. The molecular weight excluding hydrogens is 298 g/mol. The van der Waals surface area contributed by atoms with Gasteiger partial charge in [-0.05, 0) is 24.6 Å². The van der Waals surface area contributed by atoms with E-state index in [0.29, 0.717) is 5.56 Å². The van der Waals surface area contributed by atoms with E-state index >= 15 is 0 Å². The predicted molar refractivity (Wildman–Crippen MR) is 72.0 cm³/mol. The summed E-state index contributed by atoms with van der Waals surface area (Å²) in [5, 5.41) is 0. The second kappa shape index (κ2) is 5.52. The summed E-state index contributed by atoms with van der Waals surface area (Å²) >= 11 is 3.34. The zero-order chi connectivity index (χ0) is 13.9. The number of hydrogen-bond acceptors (Lipinski definition) is 3. The molecule has 0 unspecified atom stereocenters. The summed E-state index contributed by atoms with van der Waals surface area (Å²) in [5.41, 5.74) is -0.420. The predicted octanol–water partition coefficient (Wildman–Crippen LogP) is 2.32. The molecule has 1 atom stereocenters. The van der Waals surface area contributed by atoms with E-state index in [2.05, 4.69) is 15.9 Å². The van der Waals surface area contributed by atoms with Crippen molar-refractivity contribution in [3.63, 3.8) is 0 Å². The highest BCUT2D eigenvalue weighted by atomic mass is 79.9. The van der Waals surface area contributed by atoms with Gasteiger partial charge < -0.3 is 9.64 Å². The van der Waals surface area contributed by atoms with Crippen LogP contribution < -0.4 is 0 Å². The zero-order valence-electron chi connectivity index (χ0n) is 10.9. The molecule has 0 aliphatic rings. The van der Waals surface area contributed by atoms with Crippen LogP contribution in [0.5, 0.6) is 0 Å². The van der Waals surface area contributed by atoms with Crippen LogP contribution in [-0.2, 0) is 19.9 Å². The molecule has 0 saturated heterocycles. The second-order valence-electron chi connectivity index (χ2n) is 4.15. The van der Waals surface area contributed by atoms with E-state index in [4.69, 9.17) is 4.74 Å². The molecule has 0 spiro atoms. The van der Waals surface area contributed by atoms with Crippen molar-refractivity contribution < 1.29 is 14.3 Å². The fourth-order valence-corrected chi connectivity index (χ4v) is 2.00. The summed E-state index contributed by atoms with van der Waals surface area (Å²) in [6.45, 7) is 3.09. The first-order valence-electron chi connectivity index (χ1n) is 5.43. The summed E-state index contributed by atoms with van der Waals surface area (Å²) in [7, 11) is 2.90. The standard InChI is InChI=1S/C13H16BrNO3/c1-9(16)15(3)13(2,12(17)18-4)10-5-7-11(14)8-6-10/h5-8H,1-4H3/t13-/m1/s1. The average molecular weight is 314 g/mol. The molecule has 1 rings (SSSR count).